The van der Waals surface area contributed by atoms with E-state index in [0.717, 1.165) is 0 Å². The Bertz CT molecular complexity index is 1620. The number of benzene rings is 6. The van der Waals surface area contributed by atoms with Crippen LogP contribution in [0.15, 0.2) is 97.1 Å². The largest absolute Gasteiger partial charge is 0.134 e. The van der Waals surface area contributed by atoms with Gasteiger partial charge in [-0.3, -0.25) is 0 Å². The van der Waals surface area contributed by atoms with Gasteiger partial charge in [0.1, 0.15) is 0 Å². The summed E-state index contributed by atoms with van der Waals surface area (Å²) in [6, 6.07) is 35.5. The first-order chi connectivity index (χ1) is 14.4. The van der Waals surface area contributed by atoms with Crippen LogP contribution in [0, 0.1) is 0 Å². The third kappa shape index (κ3) is 1.93. The van der Waals surface area contributed by atoms with Crippen LogP contribution in [-0.2, 0) is 0 Å². The van der Waals surface area contributed by atoms with Gasteiger partial charge in [-0.2, -0.15) is 0 Å². The van der Waals surface area contributed by atoms with Crippen LogP contribution in [0.3, 0.4) is 0 Å². The van der Waals surface area contributed by atoms with Gasteiger partial charge in [-0.1, -0.05) is 97.1 Å². The maximum absolute atomic E-state index is 2.29. The van der Waals surface area contributed by atoms with E-state index in [4.69, 9.17) is 0 Å². The lowest BCUT2D eigenvalue weighted by Crippen LogP contribution is -1.82. The molecule has 0 aliphatic rings. The predicted molar refractivity (Wildman–Crippen MR) is 129 cm³/mol. The lowest BCUT2D eigenvalue weighted by Gasteiger charge is -2.09. The van der Waals surface area contributed by atoms with E-state index in [-0.39, 0.29) is 0 Å². The van der Waals surface area contributed by atoms with Crippen molar-refractivity contribution < 1.29 is 0 Å². The summed E-state index contributed by atoms with van der Waals surface area (Å²) in [4.78, 5) is 0. The molecule has 6 aromatic carbocycles. The number of hydrogen-bond acceptors (Lipinski definition) is 1. The summed E-state index contributed by atoms with van der Waals surface area (Å²) in [5, 5.41) is 13.6. The summed E-state index contributed by atoms with van der Waals surface area (Å²) in [6.07, 6.45) is 0. The molecule has 7 rings (SSSR count). The average molecular weight is 385 g/mol. The molecule has 134 valence electrons. The minimum atomic E-state index is 1.34. The second kappa shape index (κ2) is 5.56. The molecule has 1 heteroatoms. The Kier molecular flexibility index (Phi) is 2.97. The molecule has 0 unspecified atom stereocenters. The normalized spacial score (nSPS) is 12.1. The molecule has 0 bridgehead atoms. The topological polar surface area (TPSA) is 0 Å². The Morgan fingerprint density at radius 2 is 0.586 bits per heavy atom. The molecule has 0 amide bonds. The van der Waals surface area contributed by atoms with E-state index in [1.54, 1.807) is 0 Å². The second-order valence-electron chi connectivity index (χ2n) is 7.69. The van der Waals surface area contributed by atoms with Gasteiger partial charge in [-0.05, 0) is 32.3 Å². The molecule has 0 saturated carbocycles. The van der Waals surface area contributed by atoms with Crippen molar-refractivity contribution in [3.8, 4) is 0 Å². The van der Waals surface area contributed by atoms with E-state index in [9.17, 15) is 0 Å². The smallest absolute Gasteiger partial charge is 0.0440 e. The second-order valence-corrected chi connectivity index (χ2v) is 8.71. The molecule has 29 heavy (non-hydrogen) atoms. The first kappa shape index (κ1) is 15.5. The third-order valence-electron chi connectivity index (χ3n) is 6.22. The summed E-state index contributed by atoms with van der Waals surface area (Å²) < 4.78 is 2.80. The molecule has 0 atom stereocenters. The predicted octanol–water partition coefficient (Wildman–Crippen LogP) is 8.67. The Balaban J connectivity index is 1.94. The third-order valence-corrected chi connectivity index (χ3v) is 7.48. The molecule has 0 nitrogen and oxygen atoms in total. The van der Waals surface area contributed by atoms with E-state index < -0.39 is 0 Å². The Hall–Kier alpha value is -3.42. The zero-order valence-electron chi connectivity index (χ0n) is 15.6. The van der Waals surface area contributed by atoms with Crippen molar-refractivity contribution in [2.45, 2.75) is 0 Å². The van der Waals surface area contributed by atoms with Gasteiger partial charge < -0.3 is 0 Å². The van der Waals surface area contributed by atoms with Gasteiger partial charge in [-0.25, -0.2) is 0 Å². The van der Waals surface area contributed by atoms with Crippen LogP contribution in [0.4, 0.5) is 0 Å². The first-order valence-electron chi connectivity index (χ1n) is 9.97. The van der Waals surface area contributed by atoms with Gasteiger partial charge in [0.05, 0.1) is 0 Å². The fourth-order valence-corrected chi connectivity index (χ4v) is 6.44. The molecule has 0 radical (unpaired) electrons. The summed E-state index contributed by atoms with van der Waals surface area (Å²) in [7, 11) is 0. The van der Waals surface area contributed by atoms with Crippen LogP contribution in [0.1, 0.15) is 0 Å². The Morgan fingerprint density at radius 1 is 0.310 bits per heavy atom. The quantitative estimate of drug-likeness (QED) is 0.229. The zero-order valence-corrected chi connectivity index (χ0v) is 16.5. The molecule has 0 saturated heterocycles. The standard InChI is InChI=1S/C28H16S/c1-5-13-21-17(9-1)19-11-3-7-15-23(19)27-25(21)26-22-14-6-2-10-18(22)20-12-4-8-16-24(20)28(26)29-27/h1-16H. The highest BCUT2D eigenvalue weighted by Crippen LogP contribution is 2.48. The molecular formula is C28H16S. The zero-order chi connectivity index (χ0) is 18.9. The Labute approximate surface area is 171 Å². The minimum Gasteiger partial charge on any atom is -0.134 e. The highest BCUT2D eigenvalue weighted by atomic mass is 32.1. The Morgan fingerprint density at radius 3 is 0.966 bits per heavy atom. The van der Waals surface area contributed by atoms with E-state index in [1.807, 2.05) is 11.3 Å². The van der Waals surface area contributed by atoms with E-state index >= 15 is 0 Å². The van der Waals surface area contributed by atoms with E-state index in [2.05, 4.69) is 97.1 Å². The summed E-state index contributed by atoms with van der Waals surface area (Å²) in [6.45, 7) is 0. The molecule has 7 aromatic rings. The fourth-order valence-electron chi connectivity index (χ4n) is 5.03. The summed E-state index contributed by atoms with van der Waals surface area (Å²) in [5.41, 5.74) is 0. The monoisotopic (exact) mass is 384 g/mol. The highest BCUT2D eigenvalue weighted by Gasteiger charge is 2.18. The van der Waals surface area contributed by atoms with Crippen LogP contribution in [0.2, 0.25) is 0 Å². The van der Waals surface area contributed by atoms with Crippen LogP contribution >= 0.6 is 11.3 Å². The molecule has 1 heterocycles. The van der Waals surface area contributed by atoms with Crippen LogP contribution in [0.5, 0.6) is 0 Å². The summed E-state index contributed by atoms with van der Waals surface area (Å²) in [5.74, 6) is 0. The number of hydrogen-bond donors (Lipinski definition) is 0. The lowest BCUT2D eigenvalue weighted by molar-refractivity contribution is 1.80. The number of fused-ring (bicyclic) bond motifs is 13. The summed E-state index contributed by atoms with van der Waals surface area (Å²) >= 11 is 1.95. The van der Waals surface area contributed by atoms with Crippen LogP contribution in [-0.4, -0.2) is 0 Å². The molecule has 0 aliphatic carbocycles. The average Bonchev–Trinajstić information content (AvgIpc) is 3.21. The lowest BCUT2D eigenvalue weighted by atomic mass is 9.93. The minimum absolute atomic E-state index is 1.34. The molecule has 0 N–H and O–H groups in total. The van der Waals surface area contributed by atoms with E-state index in [1.165, 1.54) is 63.3 Å². The van der Waals surface area contributed by atoms with Crippen molar-refractivity contribution >= 4 is 74.6 Å². The van der Waals surface area contributed by atoms with Gasteiger partial charge in [0, 0.05) is 30.9 Å². The molecule has 0 fully saturated rings. The molecule has 0 spiro atoms. The van der Waals surface area contributed by atoms with Crippen molar-refractivity contribution in [3.63, 3.8) is 0 Å². The van der Waals surface area contributed by atoms with Gasteiger partial charge in [0.15, 0.2) is 0 Å². The van der Waals surface area contributed by atoms with Crippen molar-refractivity contribution in [3.05, 3.63) is 97.1 Å². The van der Waals surface area contributed by atoms with Crippen molar-refractivity contribution in [1.29, 1.82) is 0 Å². The van der Waals surface area contributed by atoms with Gasteiger partial charge in [-0.15, -0.1) is 11.3 Å². The molecule has 0 aliphatic heterocycles. The fraction of sp³-hybridized carbons (Fsp3) is 0. The first-order valence-corrected chi connectivity index (χ1v) is 10.8. The van der Waals surface area contributed by atoms with Crippen LogP contribution in [0.25, 0.3) is 63.3 Å². The van der Waals surface area contributed by atoms with Gasteiger partial charge >= 0.3 is 0 Å². The van der Waals surface area contributed by atoms with Crippen molar-refractivity contribution in [2.24, 2.45) is 0 Å². The highest BCUT2D eigenvalue weighted by molar-refractivity contribution is 7.28. The van der Waals surface area contributed by atoms with Crippen LogP contribution < -0.4 is 0 Å². The molecule has 1 aromatic heterocycles. The molecular weight excluding hydrogens is 368 g/mol. The maximum Gasteiger partial charge on any atom is 0.0440 e. The number of rotatable bonds is 0. The number of thiophene rings is 1. The van der Waals surface area contributed by atoms with Gasteiger partial charge in [0.25, 0.3) is 0 Å². The maximum atomic E-state index is 2.29. The van der Waals surface area contributed by atoms with Crippen molar-refractivity contribution in [1.82, 2.24) is 0 Å². The van der Waals surface area contributed by atoms with Gasteiger partial charge in [0.2, 0.25) is 0 Å². The van der Waals surface area contributed by atoms with E-state index in [0.29, 0.717) is 0 Å². The van der Waals surface area contributed by atoms with Crippen molar-refractivity contribution in [2.75, 3.05) is 0 Å². The SMILES string of the molecule is c1ccc2c(c1)c1ccccc1c1c2sc2c3ccccc3c3ccccc3c21.